The number of amides is 1. The Bertz CT molecular complexity index is 1640. The van der Waals surface area contributed by atoms with E-state index in [0.29, 0.717) is 42.9 Å². The summed E-state index contributed by atoms with van der Waals surface area (Å²) in [5.41, 5.74) is 4.92. The van der Waals surface area contributed by atoms with Crippen LogP contribution in [0.5, 0.6) is 5.75 Å². The Morgan fingerprint density at radius 3 is 2.48 bits per heavy atom. The van der Waals surface area contributed by atoms with Crippen LogP contribution < -0.4 is 0 Å². The fourth-order valence-corrected chi connectivity index (χ4v) is 5.92. The molecule has 1 saturated heterocycles. The first-order valence-corrected chi connectivity index (χ1v) is 13.8. The van der Waals surface area contributed by atoms with Gasteiger partial charge in [-0.05, 0) is 59.9 Å². The number of halogens is 1. The number of H-pyrrole nitrogens is 1. The third-order valence-corrected chi connectivity index (χ3v) is 8.21. The van der Waals surface area contributed by atoms with E-state index in [0.717, 1.165) is 38.9 Å². The van der Waals surface area contributed by atoms with Crippen LogP contribution in [0.15, 0.2) is 91.3 Å². The number of benzene rings is 3. The van der Waals surface area contributed by atoms with Crippen LogP contribution in [0.3, 0.4) is 0 Å². The van der Waals surface area contributed by atoms with Gasteiger partial charge in [-0.25, -0.2) is 0 Å². The predicted octanol–water partition coefficient (Wildman–Crippen LogP) is 6.39. The van der Waals surface area contributed by atoms with Gasteiger partial charge in [-0.1, -0.05) is 60.1 Å². The van der Waals surface area contributed by atoms with Crippen molar-refractivity contribution >= 4 is 28.4 Å². The molecule has 7 heteroatoms. The number of pyridine rings is 1. The SMILES string of the molecule is O=C(Cc1c(Cl)cc(-c2ccccc2O)cc1-c1cc2ccncc2[nH]1)N1CCC(O)(Cc2ccccc2)CC1. The van der Waals surface area contributed by atoms with E-state index < -0.39 is 5.60 Å². The third kappa shape index (κ3) is 5.33. The van der Waals surface area contributed by atoms with Crippen LogP contribution in [0.25, 0.3) is 33.3 Å². The molecular formula is C33H30ClN3O3. The lowest BCUT2D eigenvalue weighted by atomic mass is 9.85. The monoisotopic (exact) mass is 551 g/mol. The van der Waals surface area contributed by atoms with Gasteiger partial charge in [0.05, 0.1) is 23.7 Å². The largest absolute Gasteiger partial charge is 0.507 e. The van der Waals surface area contributed by atoms with Crippen molar-refractivity contribution < 1.29 is 15.0 Å². The number of nitrogens with zero attached hydrogens (tertiary/aromatic N) is 2. The minimum atomic E-state index is -0.821. The highest BCUT2D eigenvalue weighted by Crippen LogP contribution is 2.39. The zero-order chi connectivity index (χ0) is 27.7. The summed E-state index contributed by atoms with van der Waals surface area (Å²) in [6.07, 6.45) is 5.26. The lowest BCUT2D eigenvalue weighted by Gasteiger charge is -2.38. The smallest absolute Gasteiger partial charge is 0.227 e. The Labute approximate surface area is 237 Å². The Morgan fingerprint density at radius 2 is 1.73 bits per heavy atom. The van der Waals surface area contributed by atoms with E-state index in [4.69, 9.17) is 11.6 Å². The number of aromatic nitrogens is 2. The van der Waals surface area contributed by atoms with Crippen molar-refractivity contribution in [3.05, 3.63) is 107 Å². The fraction of sp³-hybridized carbons (Fsp3) is 0.212. The number of hydrogen-bond acceptors (Lipinski definition) is 4. The summed E-state index contributed by atoms with van der Waals surface area (Å²) >= 11 is 6.89. The summed E-state index contributed by atoms with van der Waals surface area (Å²) in [4.78, 5) is 23.0. The molecule has 1 aliphatic heterocycles. The van der Waals surface area contributed by atoms with Crippen LogP contribution in [-0.4, -0.2) is 49.7 Å². The van der Waals surface area contributed by atoms with E-state index in [1.165, 1.54) is 0 Å². The molecule has 3 N–H and O–H groups in total. The number of fused-ring (bicyclic) bond motifs is 1. The molecule has 0 atom stereocenters. The average Bonchev–Trinajstić information content (AvgIpc) is 3.39. The normalized spacial score (nSPS) is 14.9. The van der Waals surface area contributed by atoms with Gasteiger partial charge in [-0.2, -0.15) is 0 Å². The lowest BCUT2D eigenvalue weighted by Crippen LogP contribution is -2.48. The topological polar surface area (TPSA) is 89.4 Å². The molecule has 0 bridgehead atoms. The Hall–Kier alpha value is -4.13. The number of carbonyl (C=O) groups is 1. The van der Waals surface area contributed by atoms with Gasteiger partial charge < -0.3 is 20.1 Å². The maximum Gasteiger partial charge on any atom is 0.227 e. The van der Waals surface area contributed by atoms with E-state index in [9.17, 15) is 15.0 Å². The van der Waals surface area contributed by atoms with Gasteiger partial charge in [-0.15, -0.1) is 0 Å². The zero-order valence-corrected chi connectivity index (χ0v) is 22.7. The number of aromatic amines is 1. The number of nitrogens with one attached hydrogen (secondary N) is 1. The highest BCUT2D eigenvalue weighted by Gasteiger charge is 2.34. The van der Waals surface area contributed by atoms with Crippen molar-refractivity contribution in [2.45, 2.75) is 31.3 Å². The molecule has 0 spiro atoms. The van der Waals surface area contributed by atoms with E-state index >= 15 is 0 Å². The summed E-state index contributed by atoms with van der Waals surface area (Å²) in [5, 5.41) is 23.2. The van der Waals surface area contributed by atoms with Crippen molar-refractivity contribution in [1.29, 1.82) is 0 Å². The Kier molecular flexibility index (Phi) is 7.05. The standard InChI is InChI=1S/C33H30ClN3O3/c34-28-17-24(25-8-4-5-9-31(25)38)16-27(29-18-23-10-13-35-21-30(23)36-29)26(28)19-32(39)37-14-11-33(40,12-15-37)20-22-6-2-1-3-7-22/h1-10,13,16-18,21,36,38,40H,11-12,14-15,19-20H2. The van der Waals surface area contributed by atoms with Crippen LogP contribution in [0, 0.1) is 0 Å². The maximum atomic E-state index is 13.6. The van der Waals surface area contributed by atoms with Gasteiger partial charge in [0.25, 0.3) is 0 Å². The molecule has 40 heavy (non-hydrogen) atoms. The molecule has 1 aliphatic rings. The molecule has 2 aromatic heterocycles. The van der Waals surface area contributed by atoms with Crippen molar-refractivity contribution in [2.75, 3.05) is 13.1 Å². The quantitative estimate of drug-likeness (QED) is 0.228. The number of piperidine rings is 1. The molecular weight excluding hydrogens is 522 g/mol. The molecule has 202 valence electrons. The minimum Gasteiger partial charge on any atom is -0.507 e. The molecule has 0 saturated carbocycles. The second-order valence-electron chi connectivity index (χ2n) is 10.6. The molecule has 0 radical (unpaired) electrons. The van der Waals surface area contributed by atoms with Crippen LogP contribution in [-0.2, 0) is 17.6 Å². The second kappa shape index (κ2) is 10.8. The molecule has 0 unspecified atom stereocenters. The number of hydrogen-bond donors (Lipinski definition) is 3. The second-order valence-corrected chi connectivity index (χ2v) is 11.0. The number of para-hydroxylation sites is 1. The highest BCUT2D eigenvalue weighted by molar-refractivity contribution is 6.32. The van der Waals surface area contributed by atoms with Gasteiger partial charge in [0.2, 0.25) is 5.91 Å². The number of phenolic OH excluding ortho intramolecular Hbond substituents is 1. The lowest BCUT2D eigenvalue weighted by molar-refractivity contribution is -0.134. The van der Waals surface area contributed by atoms with Crippen LogP contribution in [0.2, 0.25) is 5.02 Å². The third-order valence-electron chi connectivity index (χ3n) is 7.88. The van der Waals surface area contributed by atoms with Gasteiger partial charge in [0.1, 0.15) is 5.75 Å². The molecule has 5 aromatic rings. The maximum absolute atomic E-state index is 13.6. The van der Waals surface area contributed by atoms with E-state index in [2.05, 4.69) is 9.97 Å². The number of rotatable bonds is 6. The molecule has 1 fully saturated rings. The van der Waals surface area contributed by atoms with E-state index in [-0.39, 0.29) is 18.1 Å². The van der Waals surface area contributed by atoms with Gasteiger partial charge in [-0.3, -0.25) is 9.78 Å². The van der Waals surface area contributed by atoms with Gasteiger partial charge in [0, 0.05) is 52.9 Å². The number of phenols is 1. The number of aromatic hydroxyl groups is 1. The van der Waals surface area contributed by atoms with E-state index in [1.807, 2.05) is 71.6 Å². The first kappa shape index (κ1) is 26.1. The number of carbonyl (C=O) groups excluding carboxylic acids is 1. The Balaban J connectivity index is 1.29. The van der Waals surface area contributed by atoms with Crippen LogP contribution in [0.1, 0.15) is 24.0 Å². The number of likely N-dealkylation sites (tertiary alicyclic amines) is 1. The van der Waals surface area contributed by atoms with Gasteiger partial charge in [0.15, 0.2) is 0 Å². The highest BCUT2D eigenvalue weighted by atomic mass is 35.5. The van der Waals surface area contributed by atoms with Gasteiger partial charge >= 0.3 is 0 Å². The minimum absolute atomic E-state index is 0.0296. The summed E-state index contributed by atoms with van der Waals surface area (Å²) in [6, 6.07) is 24.8. The Morgan fingerprint density at radius 1 is 0.975 bits per heavy atom. The zero-order valence-electron chi connectivity index (χ0n) is 22.0. The predicted molar refractivity (Wildman–Crippen MR) is 158 cm³/mol. The van der Waals surface area contributed by atoms with E-state index in [1.54, 1.807) is 24.5 Å². The summed E-state index contributed by atoms with van der Waals surface area (Å²) in [6.45, 7) is 0.978. The first-order chi connectivity index (χ1) is 19.4. The number of aliphatic hydroxyl groups is 1. The average molecular weight is 552 g/mol. The molecule has 1 amide bonds. The van der Waals surface area contributed by atoms with Crippen molar-refractivity contribution in [1.82, 2.24) is 14.9 Å². The fourth-order valence-electron chi connectivity index (χ4n) is 5.64. The van der Waals surface area contributed by atoms with Crippen LogP contribution in [0.4, 0.5) is 0 Å². The molecule has 6 nitrogen and oxygen atoms in total. The van der Waals surface area contributed by atoms with Crippen molar-refractivity contribution in [2.24, 2.45) is 0 Å². The summed E-state index contributed by atoms with van der Waals surface area (Å²) in [5.74, 6) is 0.128. The summed E-state index contributed by atoms with van der Waals surface area (Å²) in [7, 11) is 0. The first-order valence-electron chi connectivity index (χ1n) is 13.5. The summed E-state index contributed by atoms with van der Waals surface area (Å²) < 4.78 is 0. The molecule has 3 aromatic carbocycles. The molecule has 6 rings (SSSR count). The van der Waals surface area contributed by atoms with Crippen molar-refractivity contribution in [3.63, 3.8) is 0 Å². The van der Waals surface area contributed by atoms with Crippen LogP contribution >= 0.6 is 11.6 Å². The molecule has 0 aliphatic carbocycles. The molecule has 3 heterocycles. The van der Waals surface area contributed by atoms with Crippen molar-refractivity contribution in [3.8, 4) is 28.1 Å².